The molecule has 0 aliphatic carbocycles. The van der Waals surface area contributed by atoms with E-state index in [4.69, 9.17) is 21.7 Å². The number of aromatic amines is 1. The van der Waals surface area contributed by atoms with E-state index >= 15 is 0 Å². The van der Waals surface area contributed by atoms with Gasteiger partial charge in [0.15, 0.2) is 11.5 Å². The molecule has 7 nitrogen and oxygen atoms in total. The average Bonchev–Trinajstić information content (AvgIpc) is 2.57. The number of H-pyrrole nitrogens is 1. The molecule has 1 aromatic heterocycles. The molecule has 0 saturated heterocycles. The molecule has 0 amide bonds. The van der Waals surface area contributed by atoms with Crippen molar-refractivity contribution in [2.75, 3.05) is 13.7 Å². The second kappa shape index (κ2) is 8.20. The average molecular weight is 413 g/mol. The van der Waals surface area contributed by atoms with Crippen molar-refractivity contribution in [3.8, 4) is 11.5 Å². The first-order valence-electron chi connectivity index (χ1n) is 7.21. The fraction of sp³-hybridized carbons (Fsp3) is 0.333. The first kappa shape index (κ1) is 18.3. The topological polar surface area (TPSA) is 81.5 Å². The molecule has 2 rings (SSSR count). The number of hydrogen-bond acceptors (Lipinski definition) is 6. The number of hydrogen-bond donors (Lipinski definition) is 1. The molecule has 0 aliphatic heterocycles. The predicted octanol–water partition coefficient (Wildman–Crippen LogP) is 3.05. The summed E-state index contributed by atoms with van der Waals surface area (Å²) in [5.74, 6) is 1.20. The van der Waals surface area contributed by atoms with Gasteiger partial charge in [0.05, 0.1) is 24.4 Å². The Hall–Kier alpha value is -2.00. The number of aryl methyl sites for hydroxylation is 1. The lowest BCUT2D eigenvalue weighted by Gasteiger charge is -2.12. The number of rotatable bonds is 6. The smallest absolute Gasteiger partial charge is 0.296 e. The first-order chi connectivity index (χ1) is 11.5. The van der Waals surface area contributed by atoms with Crippen LogP contribution >= 0.6 is 28.1 Å². The number of nitrogens with zero attached hydrogens (tertiary/aromatic N) is 3. The largest absolute Gasteiger partial charge is 0.493 e. The highest BCUT2D eigenvalue weighted by Gasteiger charge is 2.11. The summed E-state index contributed by atoms with van der Waals surface area (Å²) in [6.45, 7) is 4.20. The fourth-order valence-electron chi connectivity index (χ4n) is 1.86. The molecule has 1 N–H and O–H groups in total. The van der Waals surface area contributed by atoms with Crippen LogP contribution in [0.5, 0.6) is 11.5 Å². The van der Waals surface area contributed by atoms with E-state index < -0.39 is 0 Å². The lowest BCUT2D eigenvalue weighted by molar-refractivity contribution is 0.292. The normalized spacial score (nSPS) is 11.0. The first-order valence-corrected chi connectivity index (χ1v) is 8.41. The number of nitrogens with one attached hydrogen (secondary N) is 1. The molecule has 0 bridgehead atoms. The van der Waals surface area contributed by atoms with E-state index in [1.54, 1.807) is 20.1 Å². The van der Waals surface area contributed by atoms with Gasteiger partial charge in [-0.3, -0.25) is 9.89 Å². The van der Waals surface area contributed by atoms with E-state index in [0.29, 0.717) is 18.1 Å². The molecule has 0 spiro atoms. The number of benzene rings is 1. The molecule has 24 heavy (non-hydrogen) atoms. The number of aromatic nitrogens is 3. The summed E-state index contributed by atoms with van der Waals surface area (Å²) < 4.78 is 13.0. The predicted molar refractivity (Wildman–Crippen MR) is 97.9 cm³/mol. The van der Waals surface area contributed by atoms with Crippen molar-refractivity contribution in [1.29, 1.82) is 0 Å². The lowest BCUT2D eigenvalue weighted by Crippen LogP contribution is -2.22. The van der Waals surface area contributed by atoms with E-state index in [1.165, 1.54) is 6.21 Å². The second-order valence-electron chi connectivity index (χ2n) is 4.86. The maximum atomic E-state index is 12.0. The zero-order chi connectivity index (χ0) is 17.7. The highest BCUT2D eigenvalue weighted by molar-refractivity contribution is 9.10. The Balaban J connectivity index is 2.41. The zero-order valence-corrected chi connectivity index (χ0v) is 15.9. The standard InChI is InChI=1S/C15H17BrN4O3S/c1-4-5-23-13-11(16)6-10(7-12(13)22-3)8-17-20-14(21)9(2)18-19-15(20)24/h6-8H,4-5H2,1-3H3,(H,19,24)/b17-8-. The molecule has 0 fully saturated rings. The summed E-state index contributed by atoms with van der Waals surface area (Å²) in [6, 6.07) is 3.59. The maximum Gasteiger partial charge on any atom is 0.296 e. The third kappa shape index (κ3) is 4.09. The minimum atomic E-state index is -0.371. The van der Waals surface area contributed by atoms with Crippen molar-refractivity contribution in [3.63, 3.8) is 0 Å². The van der Waals surface area contributed by atoms with Gasteiger partial charge in [-0.1, -0.05) is 6.92 Å². The molecule has 2 aromatic rings. The van der Waals surface area contributed by atoms with Crippen molar-refractivity contribution in [3.05, 3.63) is 43.0 Å². The highest BCUT2D eigenvalue weighted by atomic mass is 79.9. The van der Waals surface area contributed by atoms with Gasteiger partial charge in [0, 0.05) is 0 Å². The van der Waals surface area contributed by atoms with Crippen molar-refractivity contribution >= 4 is 34.4 Å². The summed E-state index contributed by atoms with van der Waals surface area (Å²) in [7, 11) is 1.56. The van der Waals surface area contributed by atoms with Gasteiger partial charge in [0.2, 0.25) is 4.77 Å². The zero-order valence-electron chi connectivity index (χ0n) is 13.5. The van der Waals surface area contributed by atoms with Gasteiger partial charge >= 0.3 is 0 Å². The van der Waals surface area contributed by atoms with E-state index in [9.17, 15) is 4.79 Å². The Morgan fingerprint density at radius 2 is 2.25 bits per heavy atom. The van der Waals surface area contributed by atoms with Crippen LogP contribution in [0.15, 0.2) is 26.5 Å². The molecule has 9 heteroatoms. The molecule has 128 valence electrons. The summed E-state index contributed by atoms with van der Waals surface area (Å²) in [6.07, 6.45) is 2.41. The van der Waals surface area contributed by atoms with Crippen LogP contribution in [-0.4, -0.2) is 34.8 Å². The number of ether oxygens (including phenoxy) is 2. The van der Waals surface area contributed by atoms with Crippen LogP contribution in [0.2, 0.25) is 0 Å². The maximum absolute atomic E-state index is 12.0. The van der Waals surface area contributed by atoms with Gasteiger partial charge in [-0.15, -0.1) is 0 Å². The third-order valence-corrected chi connectivity index (χ3v) is 3.89. The van der Waals surface area contributed by atoms with Crippen molar-refractivity contribution in [2.45, 2.75) is 20.3 Å². The molecule has 1 heterocycles. The van der Waals surface area contributed by atoms with E-state index in [-0.39, 0.29) is 16.0 Å². The van der Waals surface area contributed by atoms with Gasteiger partial charge in [-0.25, -0.2) is 0 Å². The number of methoxy groups -OCH3 is 1. The third-order valence-electron chi connectivity index (χ3n) is 3.04. The quantitative estimate of drug-likeness (QED) is 0.582. The SMILES string of the molecule is CCCOc1c(Br)cc(/C=N\n2c(=S)[nH]nc(C)c2=O)cc1OC. The van der Waals surface area contributed by atoms with Gasteiger partial charge < -0.3 is 9.47 Å². The molecule has 0 atom stereocenters. The van der Waals surface area contributed by atoms with Crippen molar-refractivity contribution in [2.24, 2.45) is 5.10 Å². The summed E-state index contributed by atoms with van der Waals surface area (Å²) >= 11 is 8.50. The molecule has 0 unspecified atom stereocenters. The Morgan fingerprint density at radius 3 is 2.92 bits per heavy atom. The van der Waals surface area contributed by atoms with Crippen LogP contribution < -0.4 is 15.0 Å². The van der Waals surface area contributed by atoms with Crippen LogP contribution in [0.1, 0.15) is 24.6 Å². The van der Waals surface area contributed by atoms with Gasteiger partial charge in [0.25, 0.3) is 5.56 Å². The minimum absolute atomic E-state index is 0.121. The monoisotopic (exact) mass is 412 g/mol. The number of halogens is 1. The van der Waals surface area contributed by atoms with Crippen LogP contribution in [0, 0.1) is 11.7 Å². The molecule has 1 aromatic carbocycles. The second-order valence-corrected chi connectivity index (χ2v) is 6.10. The Labute approximate surface area is 152 Å². The Bertz CT molecular complexity index is 876. The summed E-state index contributed by atoms with van der Waals surface area (Å²) in [5.41, 5.74) is 0.630. The summed E-state index contributed by atoms with van der Waals surface area (Å²) in [5, 5.41) is 10.5. The van der Waals surface area contributed by atoms with Gasteiger partial charge in [0.1, 0.15) is 5.69 Å². The lowest BCUT2D eigenvalue weighted by atomic mass is 10.2. The molecule has 0 saturated carbocycles. The van der Waals surface area contributed by atoms with Crippen LogP contribution in [0.3, 0.4) is 0 Å². The minimum Gasteiger partial charge on any atom is -0.493 e. The van der Waals surface area contributed by atoms with E-state index in [1.807, 2.05) is 13.0 Å². The summed E-state index contributed by atoms with van der Waals surface area (Å²) in [4.78, 5) is 12.0. The van der Waals surface area contributed by atoms with Crippen LogP contribution in [0.25, 0.3) is 0 Å². The van der Waals surface area contributed by atoms with E-state index in [0.717, 1.165) is 21.1 Å². The van der Waals surface area contributed by atoms with Gasteiger partial charge in [-0.05, 0) is 59.2 Å². The van der Waals surface area contributed by atoms with Crippen LogP contribution in [0.4, 0.5) is 0 Å². The van der Waals surface area contributed by atoms with Crippen LogP contribution in [-0.2, 0) is 0 Å². The fourth-order valence-corrected chi connectivity index (χ4v) is 2.61. The molecule has 0 radical (unpaired) electrons. The van der Waals surface area contributed by atoms with Gasteiger partial charge in [-0.2, -0.15) is 14.9 Å². The Kier molecular flexibility index (Phi) is 6.27. The van der Waals surface area contributed by atoms with E-state index in [2.05, 4.69) is 31.2 Å². The Morgan fingerprint density at radius 1 is 1.50 bits per heavy atom. The molecular weight excluding hydrogens is 396 g/mol. The van der Waals surface area contributed by atoms with Crippen molar-refractivity contribution in [1.82, 2.24) is 14.9 Å². The molecular formula is C15H17BrN4O3S. The van der Waals surface area contributed by atoms with Crippen molar-refractivity contribution < 1.29 is 9.47 Å². The highest BCUT2D eigenvalue weighted by Crippen LogP contribution is 2.36. The molecule has 0 aliphatic rings.